The number of ether oxygens (including phenoxy) is 2. The molecule has 4 rings (SSSR count). The molecule has 0 radical (unpaired) electrons. The van der Waals surface area contributed by atoms with Crippen molar-refractivity contribution >= 4 is 28.6 Å². The van der Waals surface area contributed by atoms with Crippen molar-refractivity contribution in [3.63, 3.8) is 0 Å². The summed E-state index contributed by atoms with van der Waals surface area (Å²) < 4.78 is 26.3. The molecule has 0 unspecified atom stereocenters. The molecule has 31 heavy (non-hydrogen) atoms. The van der Waals surface area contributed by atoms with E-state index in [4.69, 9.17) is 9.47 Å². The molecular weight excluding hydrogens is 399 g/mol. The van der Waals surface area contributed by atoms with E-state index >= 15 is 0 Å². The Morgan fingerprint density at radius 1 is 1.13 bits per heavy atom. The van der Waals surface area contributed by atoms with Gasteiger partial charge in [-0.2, -0.15) is 0 Å². The SMILES string of the molecule is CC(C)OC(=O)n1c(COc2ccc(N(C)C(=O)C3CC3)cc2)cc2ccc(F)cc21. The second-order valence-electron chi connectivity index (χ2n) is 8.06. The van der Waals surface area contributed by atoms with Crippen LogP contribution in [-0.4, -0.2) is 29.7 Å². The van der Waals surface area contributed by atoms with Gasteiger partial charge in [0.15, 0.2) is 0 Å². The number of anilines is 1. The monoisotopic (exact) mass is 424 g/mol. The van der Waals surface area contributed by atoms with E-state index in [2.05, 4.69) is 0 Å². The minimum Gasteiger partial charge on any atom is -0.487 e. The molecule has 0 aliphatic heterocycles. The van der Waals surface area contributed by atoms with Gasteiger partial charge in [-0.05, 0) is 75.2 Å². The number of carbonyl (C=O) groups is 2. The molecule has 1 saturated carbocycles. The van der Waals surface area contributed by atoms with Crippen LogP contribution in [0.2, 0.25) is 0 Å². The minimum absolute atomic E-state index is 0.0969. The summed E-state index contributed by atoms with van der Waals surface area (Å²) in [6.45, 7) is 3.61. The zero-order valence-electron chi connectivity index (χ0n) is 17.8. The maximum absolute atomic E-state index is 13.8. The molecule has 1 amide bonds. The predicted molar refractivity (Wildman–Crippen MR) is 116 cm³/mol. The Hall–Kier alpha value is -3.35. The van der Waals surface area contributed by atoms with Crippen molar-refractivity contribution in [3.05, 3.63) is 60.0 Å². The van der Waals surface area contributed by atoms with Crippen molar-refractivity contribution < 1.29 is 23.5 Å². The molecule has 0 atom stereocenters. The van der Waals surface area contributed by atoms with E-state index in [1.165, 1.54) is 16.7 Å². The minimum atomic E-state index is -0.579. The number of benzene rings is 2. The summed E-state index contributed by atoms with van der Waals surface area (Å²) in [5.41, 5.74) is 1.78. The van der Waals surface area contributed by atoms with E-state index in [-0.39, 0.29) is 24.5 Å². The molecule has 1 heterocycles. The van der Waals surface area contributed by atoms with Crippen molar-refractivity contribution in [2.45, 2.75) is 39.4 Å². The molecule has 162 valence electrons. The van der Waals surface area contributed by atoms with Crippen LogP contribution in [0.25, 0.3) is 10.9 Å². The Kier molecular flexibility index (Phi) is 5.67. The summed E-state index contributed by atoms with van der Waals surface area (Å²) in [6, 6.07) is 13.3. The van der Waals surface area contributed by atoms with Gasteiger partial charge in [0.1, 0.15) is 18.2 Å². The molecule has 1 aliphatic carbocycles. The summed E-state index contributed by atoms with van der Waals surface area (Å²) in [5.74, 6) is 0.445. The standard InChI is InChI=1S/C24H25FN2O4/c1-15(2)31-24(29)27-20(12-17-6-7-18(25)13-22(17)27)14-30-21-10-8-19(9-11-21)26(3)23(28)16-4-5-16/h6-13,15-16H,4-5,14H2,1-3H3. The number of amides is 1. The first-order valence-electron chi connectivity index (χ1n) is 10.3. The number of halogens is 1. The van der Waals surface area contributed by atoms with Gasteiger partial charge < -0.3 is 14.4 Å². The Balaban J connectivity index is 1.53. The first-order chi connectivity index (χ1) is 14.8. The lowest BCUT2D eigenvalue weighted by atomic mass is 10.2. The molecule has 7 heteroatoms. The Morgan fingerprint density at radius 3 is 2.48 bits per heavy atom. The number of carbonyl (C=O) groups excluding carboxylic acids is 2. The highest BCUT2D eigenvalue weighted by Gasteiger charge is 2.32. The van der Waals surface area contributed by atoms with E-state index in [9.17, 15) is 14.0 Å². The number of hydrogen-bond acceptors (Lipinski definition) is 4. The molecule has 0 saturated heterocycles. The quantitative estimate of drug-likeness (QED) is 0.551. The number of nitrogens with zero attached hydrogens (tertiary/aromatic N) is 2. The van der Waals surface area contributed by atoms with Crippen LogP contribution < -0.4 is 9.64 Å². The molecule has 1 aliphatic rings. The lowest BCUT2D eigenvalue weighted by Gasteiger charge is -2.17. The zero-order chi connectivity index (χ0) is 22.1. The fourth-order valence-electron chi connectivity index (χ4n) is 3.46. The van der Waals surface area contributed by atoms with Gasteiger partial charge in [0.05, 0.1) is 17.3 Å². The van der Waals surface area contributed by atoms with Crippen LogP contribution in [0.1, 0.15) is 32.4 Å². The largest absolute Gasteiger partial charge is 0.487 e. The summed E-state index contributed by atoms with van der Waals surface area (Å²) >= 11 is 0. The van der Waals surface area contributed by atoms with Crippen LogP contribution >= 0.6 is 0 Å². The van der Waals surface area contributed by atoms with Crippen LogP contribution in [0.15, 0.2) is 48.5 Å². The first kappa shape index (κ1) is 20.9. The summed E-state index contributed by atoms with van der Waals surface area (Å²) in [7, 11) is 1.77. The maximum Gasteiger partial charge on any atom is 0.419 e. The number of aromatic nitrogens is 1. The highest BCUT2D eigenvalue weighted by Crippen LogP contribution is 2.32. The normalized spacial score (nSPS) is 13.5. The van der Waals surface area contributed by atoms with Gasteiger partial charge in [-0.1, -0.05) is 0 Å². The van der Waals surface area contributed by atoms with Crippen LogP contribution in [0.5, 0.6) is 5.75 Å². The molecule has 0 bridgehead atoms. The fourth-order valence-corrected chi connectivity index (χ4v) is 3.46. The van der Waals surface area contributed by atoms with Crippen LogP contribution in [0, 0.1) is 11.7 Å². The third-order valence-corrected chi connectivity index (χ3v) is 5.23. The molecule has 3 aromatic rings. The summed E-state index contributed by atoms with van der Waals surface area (Å²) in [4.78, 5) is 26.5. The molecule has 1 aromatic heterocycles. The lowest BCUT2D eigenvalue weighted by molar-refractivity contribution is -0.119. The fraction of sp³-hybridized carbons (Fsp3) is 0.333. The van der Waals surface area contributed by atoms with Gasteiger partial charge in [-0.25, -0.2) is 13.8 Å². The average molecular weight is 424 g/mol. The molecule has 0 N–H and O–H groups in total. The molecule has 1 fully saturated rings. The average Bonchev–Trinajstić information content (AvgIpc) is 3.52. The van der Waals surface area contributed by atoms with E-state index in [1.54, 1.807) is 50.1 Å². The summed E-state index contributed by atoms with van der Waals surface area (Å²) in [5, 5.41) is 0.719. The van der Waals surface area contributed by atoms with Gasteiger partial charge >= 0.3 is 6.09 Å². The van der Waals surface area contributed by atoms with E-state index < -0.39 is 11.9 Å². The van der Waals surface area contributed by atoms with Crippen molar-refractivity contribution in [2.24, 2.45) is 5.92 Å². The molecular formula is C24H25FN2O4. The molecule has 2 aromatic carbocycles. The van der Waals surface area contributed by atoms with Gasteiger partial charge in [0.25, 0.3) is 0 Å². The maximum atomic E-state index is 13.8. The summed E-state index contributed by atoms with van der Waals surface area (Å²) in [6.07, 6.45) is 1.03. The van der Waals surface area contributed by atoms with Crippen molar-refractivity contribution in [3.8, 4) is 5.75 Å². The zero-order valence-corrected chi connectivity index (χ0v) is 17.8. The van der Waals surface area contributed by atoms with Crippen molar-refractivity contribution in [1.29, 1.82) is 0 Å². The van der Waals surface area contributed by atoms with Gasteiger partial charge in [-0.15, -0.1) is 0 Å². The van der Waals surface area contributed by atoms with E-state index in [1.807, 2.05) is 12.1 Å². The number of hydrogen-bond donors (Lipinski definition) is 0. The smallest absolute Gasteiger partial charge is 0.419 e. The van der Waals surface area contributed by atoms with Crippen molar-refractivity contribution in [1.82, 2.24) is 4.57 Å². The Morgan fingerprint density at radius 2 is 1.84 bits per heavy atom. The van der Waals surface area contributed by atoms with E-state index in [0.717, 1.165) is 23.9 Å². The number of rotatable bonds is 6. The highest BCUT2D eigenvalue weighted by molar-refractivity contribution is 5.96. The van der Waals surface area contributed by atoms with Gasteiger partial charge in [0, 0.05) is 24.0 Å². The van der Waals surface area contributed by atoms with Crippen molar-refractivity contribution in [2.75, 3.05) is 11.9 Å². The molecule has 6 nitrogen and oxygen atoms in total. The third-order valence-electron chi connectivity index (χ3n) is 5.23. The van der Waals surface area contributed by atoms with E-state index in [0.29, 0.717) is 17.0 Å². The Bertz CT molecular complexity index is 1120. The van der Waals surface area contributed by atoms with Gasteiger partial charge in [0.2, 0.25) is 5.91 Å². The lowest BCUT2D eigenvalue weighted by Crippen LogP contribution is -2.27. The van der Waals surface area contributed by atoms with Gasteiger partial charge in [-0.3, -0.25) is 4.79 Å². The number of fused-ring (bicyclic) bond motifs is 1. The van der Waals surface area contributed by atoms with Crippen LogP contribution in [0.3, 0.4) is 0 Å². The second kappa shape index (κ2) is 8.41. The third kappa shape index (κ3) is 4.55. The van der Waals surface area contributed by atoms with Crippen LogP contribution in [-0.2, 0) is 16.1 Å². The van der Waals surface area contributed by atoms with Crippen LogP contribution in [0.4, 0.5) is 14.9 Å². The topological polar surface area (TPSA) is 60.8 Å². The predicted octanol–water partition coefficient (Wildman–Crippen LogP) is 5.13. The first-order valence-corrected chi connectivity index (χ1v) is 10.3. The second-order valence-corrected chi connectivity index (χ2v) is 8.06. The Labute approximate surface area is 180 Å². The highest BCUT2D eigenvalue weighted by atomic mass is 19.1. The molecule has 0 spiro atoms.